The Kier molecular flexibility index (Phi) is 14.3. The van der Waals surface area contributed by atoms with E-state index < -0.39 is 29.2 Å². The molecule has 10 nitrogen and oxygen atoms in total. The molecule has 1 aromatic heterocycles. The number of para-hydroxylation sites is 1. The highest BCUT2D eigenvalue weighted by Gasteiger charge is 2.49. The molecule has 1 amide bonds. The molecule has 0 saturated heterocycles. The summed E-state index contributed by atoms with van der Waals surface area (Å²) in [5.41, 5.74) is 1.13. The first kappa shape index (κ1) is 41.1. The lowest BCUT2D eigenvalue weighted by molar-refractivity contribution is -0.848. The SMILES string of the molecule is CC(C)N(C)Cc1ccccc1NC(=O)OCC[N+]1(C[C@](O)(c2cc(F)ccc2F)[C@@H](C)c2nc(-c3ccc(C#N)cc3)cs2)C=NC=N1.Cl.[Cl-]. The van der Waals surface area contributed by atoms with Gasteiger partial charge in [-0.1, -0.05) is 42.4 Å². The molecule has 0 radical (unpaired) electrons. The number of anilines is 1. The van der Waals surface area contributed by atoms with Gasteiger partial charge in [-0.3, -0.25) is 10.2 Å². The minimum atomic E-state index is -2.04. The maximum absolute atomic E-state index is 15.5. The molecule has 1 aliphatic rings. The highest BCUT2D eigenvalue weighted by molar-refractivity contribution is 7.10. The summed E-state index contributed by atoms with van der Waals surface area (Å²) in [6.45, 7) is 6.14. The third kappa shape index (κ3) is 9.74. The second kappa shape index (κ2) is 17.8. The van der Waals surface area contributed by atoms with Gasteiger partial charge in [0.25, 0.3) is 0 Å². The summed E-state index contributed by atoms with van der Waals surface area (Å²) in [6.07, 6.45) is 2.11. The van der Waals surface area contributed by atoms with Crippen LogP contribution in [0.4, 0.5) is 19.3 Å². The molecule has 2 N–H and O–H groups in total. The van der Waals surface area contributed by atoms with Crippen LogP contribution in [-0.4, -0.2) is 71.1 Å². The van der Waals surface area contributed by atoms with Gasteiger partial charge < -0.3 is 22.3 Å². The Morgan fingerprint density at radius 3 is 2.53 bits per heavy atom. The van der Waals surface area contributed by atoms with E-state index in [4.69, 9.17) is 15.0 Å². The molecule has 0 aliphatic carbocycles. The molecule has 1 unspecified atom stereocenters. The molecule has 0 fully saturated rings. The van der Waals surface area contributed by atoms with Crippen LogP contribution in [-0.2, 0) is 16.9 Å². The van der Waals surface area contributed by atoms with Crippen LogP contribution in [0.3, 0.4) is 0 Å². The maximum atomic E-state index is 15.5. The van der Waals surface area contributed by atoms with Crippen molar-refractivity contribution in [2.75, 3.05) is 32.1 Å². The van der Waals surface area contributed by atoms with Crippen molar-refractivity contribution in [3.8, 4) is 17.3 Å². The van der Waals surface area contributed by atoms with Gasteiger partial charge in [-0.15, -0.1) is 28.3 Å². The number of nitrogens with one attached hydrogen (secondary N) is 1. The number of halogens is 4. The highest BCUT2D eigenvalue weighted by atomic mass is 35.5. The number of hydrogen-bond acceptors (Lipinski definition) is 9. The van der Waals surface area contributed by atoms with Crippen LogP contribution >= 0.6 is 23.7 Å². The number of ether oxygens (including phenoxy) is 1. The van der Waals surface area contributed by atoms with Crippen LogP contribution in [0.25, 0.3) is 11.3 Å². The number of nitriles is 1. The maximum Gasteiger partial charge on any atom is 0.411 e. The van der Waals surface area contributed by atoms with E-state index in [-0.39, 0.29) is 54.7 Å². The van der Waals surface area contributed by atoms with Crippen molar-refractivity contribution in [1.29, 1.82) is 5.26 Å². The Morgan fingerprint density at radius 2 is 1.86 bits per heavy atom. The Bertz CT molecular complexity index is 1890. The normalized spacial score (nSPS) is 16.5. The number of aliphatic imine (C=N–C) groups is 1. The number of thiazole rings is 1. The fraction of sp³-hybridized carbons (Fsp3) is 0.306. The van der Waals surface area contributed by atoms with Crippen molar-refractivity contribution in [3.05, 3.63) is 105 Å². The summed E-state index contributed by atoms with van der Waals surface area (Å²) < 4.78 is 35.3. The average Bonchev–Trinajstić information content (AvgIpc) is 3.77. The predicted octanol–water partition coefficient (Wildman–Crippen LogP) is 4.27. The Balaban J connectivity index is 0.00000351. The van der Waals surface area contributed by atoms with E-state index in [0.29, 0.717) is 34.5 Å². The lowest BCUT2D eigenvalue weighted by Gasteiger charge is -2.38. The van der Waals surface area contributed by atoms with Gasteiger partial charge in [0, 0.05) is 40.7 Å². The number of amides is 1. The first-order valence-corrected chi connectivity index (χ1v) is 16.6. The molecular weight excluding hydrogens is 719 g/mol. The number of rotatable bonds is 13. The van der Waals surface area contributed by atoms with Crippen molar-refractivity contribution in [3.63, 3.8) is 0 Å². The van der Waals surface area contributed by atoms with E-state index in [1.807, 2.05) is 25.2 Å². The Hall–Kier alpha value is -4.29. The van der Waals surface area contributed by atoms with Gasteiger partial charge >= 0.3 is 6.09 Å². The van der Waals surface area contributed by atoms with Crippen LogP contribution in [0.2, 0.25) is 0 Å². The van der Waals surface area contributed by atoms with E-state index in [9.17, 15) is 14.3 Å². The highest BCUT2D eigenvalue weighted by Crippen LogP contribution is 2.42. The van der Waals surface area contributed by atoms with E-state index in [1.165, 1.54) is 24.0 Å². The zero-order valence-electron chi connectivity index (χ0n) is 28.5. The van der Waals surface area contributed by atoms with Crippen molar-refractivity contribution >= 4 is 48.2 Å². The lowest BCUT2D eigenvalue weighted by atomic mass is 9.81. The summed E-state index contributed by atoms with van der Waals surface area (Å²) in [5, 5.41) is 31.2. The first-order valence-electron chi connectivity index (χ1n) is 15.7. The number of aromatic nitrogens is 1. The first-order chi connectivity index (χ1) is 23.4. The molecule has 0 bridgehead atoms. The topological polar surface area (TPSA) is 123 Å². The minimum Gasteiger partial charge on any atom is -1.00 e. The van der Waals surface area contributed by atoms with Gasteiger partial charge in [-0.25, -0.2) is 18.6 Å². The van der Waals surface area contributed by atoms with E-state index >= 15 is 4.39 Å². The lowest BCUT2D eigenvalue weighted by Crippen LogP contribution is -3.00. The monoisotopic (exact) mass is 757 g/mol. The summed E-state index contributed by atoms with van der Waals surface area (Å²) in [6, 6.07) is 19.7. The zero-order valence-corrected chi connectivity index (χ0v) is 30.9. The van der Waals surface area contributed by atoms with Gasteiger partial charge in [-0.05, 0) is 62.9 Å². The number of benzene rings is 3. The number of nitrogens with zero attached hydrogens (tertiary/aromatic N) is 6. The molecule has 2 heterocycles. The number of quaternary nitrogens is 1. The third-order valence-electron chi connectivity index (χ3n) is 8.73. The molecule has 0 spiro atoms. The second-order valence-electron chi connectivity index (χ2n) is 12.3. The van der Waals surface area contributed by atoms with E-state index in [2.05, 4.69) is 40.2 Å². The van der Waals surface area contributed by atoms with Crippen LogP contribution in [0.15, 0.2) is 82.2 Å². The largest absolute Gasteiger partial charge is 1.00 e. The molecule has 51 heavy (non-hydrogen) atoms. The molecule has 5 rings (SSSR count). The van der Waals surface area contributed by atoms with Crippen molar-refractivity contribution < 1.29 is 40.4 Å². The van der Waals surface area contributed by atoms with Crippen LogP contribution in [0.5, 0.6) is 0 Å². The summed E-state index contributed by atoms with van der Waals surface area (Å²) in [4.78, 5) is 23.9. The number of carbonyl (C=O) groups excluding carboxylic acids is 1. The van der Waals surface area contributed by atoms with Gasteiger partial charge in [-0.2, -0.15) is 10.3 Å². The molecule has 0 saturated carbocycles. The number of hydrogen-bond donors (Lipinski definition) is 2. The third-order valence-corrected chi connectivity index (χ3v) is 9.75. The average molecular weight is 759 g/mol. The van der Waals surface area contributed by atoms with Crippen LogP contribution in [0.1, 0.15) is 48.4 Å². The molecule has 15 heteroatoms. The van der Waals surface area contributed by atoms with Crippen molar-refractivity contribution in [1.82, 2.24) is 9.88 Å². The Labute approximate surface area is 312 Å². The summed E-state index contributed by atoms with van der Waals surface area (Å²) >= 11 is 1.27. The fourth-order valence-electron chi connectivity index (χ4n) is 5.51. The van der Waals surface area contributed by atoms with E-state index in [0.717, 1.165) is 29.3 Å². The molecular formula is C36H39Cl2F2N7O3S. The van der Waals surface area contributed by atoms with Crippen LogP contribution < -0.4 is 17.7 Å². The second-order valence-corrected chi connectivity index (χ2v) is 13.2. The van der Waals surface area contributed by atoms with Crippen LogP contribution in [0, 0.1) is 23.0 Å². The zero-order chi connectivity index (χ0) is 35.2. The summed E-state index contributed by atoms with van der Waals surface area (Å²) in [5.74, 6) is -2.36. The quantitative estimate of drug-likeness (QED) is 0.197. The van der Waals surface area contributed by atoms with Gasteiger partial charge in [0.2, 0.25) is 6.34 Å². The number of carbonyl (C=O) groups is 1. The summed E-state index contributed by atoms with van der Waals surface area (Å²) in [7, 11) is 2.00. The minimum absolute atomic E-state index is 0. The molecule has 3 atom stereocenters. The van der Waals surface area contributed by atoms with Crippen molar-refractivity contribution in [2.24, 2.45) is 10.1 Å². The molecule has 3 aromatic carbocycles. The molecule has 1 aliphatic heterocycles. The number of aliphatic hydroxyl groups is 1. The standard InChI is InChI=1S/C36H37F2N7O3S.2ClH/c1-24(2)44(4)19-28-7-5-6-8-32(28)43-35(46)48-16-15-45(23-40-22-41-45)21-36(47,30-17-29(37)13-14-31(30)38)25(3)34-42-33(20-49-34)27-11-9-26(18-39)10-12-27;;/h5-14,17,20,22-25,47H,15-16,19,21H2,1-4H3;2*1H/t25-,36+,45?;;/m0../s1. The van der Waals surface area contributed by atoms with Gasteiger partial charge in [0.1, 0.15) is 31.3 Å². The molecule has 270 valence electrons. The van der Waals surface area contributed by atoms with Crippen molar-refractivity contribution in [2.45, 2.75) is 44.9 Å². The molecule has 4 aromatic rings. The van der Waals surface area contributed by atoms with Gasteiger partial charge in [0.15, 0.2) is 11.9 Å². The fourth-order valence-corrected chi connectivity index (χ4v) is 6.48. The smallest absolute Gasteiger partial charge is 0.411 e. The van der Waals surface area contributed by atoms with E-state index in [1.54, 1.807) is 42.6 Å². The Morgan fingerprint density at radius 1 is 1.14 bits per heavy atom. The van der Waals surface area contributed by atoms with Gasteiger partial charge in [0.05, 0.1) is 22.3 Å². The predicted molar refractivity (Wildman–Crippen MR) is 193 cm³/mol.